The van der Waals surface area contributed by atoms with E-state index >= 15 is 0 Å². The van der Waals surface area contributed by atoms with E-state index in [1.807, 2.05) is 6.07 Å². The third-order valence-corrected chi connectivity index (χ3v) is 3.37. The number of ether oxygens (including phenoxy) is 1. The summed E-state index contributed by atoms with van der Waals surface area (Å²) in [4.78, 5) is 25.2. The molecule has 0 fully saturated rings. The van der Waals surface area contributed by atoms with Crippen molar-refractivity contribution < 1.29 is 14.3 Å². The Bertz CT molecular complexity index is 560. The van der Waals surface area contributed by atoms with Crippen LogP contribution in [0.15, 0.2) is 18.2 Å². The maximum atomic E-state index is 11.8. The predicted octanol–water partition coefficient (Wildman–Crippen LogP) is 1.41. The molecule has 5 nitrogen and oxygen atoms in total. The number of amides is 2. The first-order valence-electron chi connectivity index (χ1n) is 7.03. The molecule has 21 heavy (non-hydrogen) atoms. The molecule has 2 radical (unpaired) electrons. The summed E-state index contributed by atoms with van der Waals surface area (Å²) in [6.45, 7) is 5.67. The van der Waals surface area contributed by atoms with Crippen LogP contribution in [-0.4, -0.2) is 32.5 Å². The topological polar surface area (TPSA) is 58.6 Å². The van der Waals surface area contributed by atoms with E-state index in [1.165, 1.54) is 6.92 Å². The molecule has 1 aliphatic rings. The van der Waals surface area contributed by atoms with Gasteiger partial charge in [-0.2, -0.15) is 0 Å². The van der Waals surface area contributed by atoms with Gasteiger partial charge in [0.25, 0.3) is 0 Å². The van der Waals surface area contributed by atoms with Crippen LogP contribution in [0.2, 0.25) is 0 Å². The molecule has 0 aliphatic carbocycles. The summed E-state index contributed by atoms with van der Waals surface area (Å²) < 4.78 is 5.11. The maximum Gasteiger partial charge on any atom is 0.407 e. The smallest absolute Gasteiger partial charge is 0.407 e. The molecule has 1 aliphatic heterocycles. The van der Waals surface area contributed by atoms with E-state index in [4.69, 9.17) is 12.6 Å². The van der Waals surface area contributed by atoms with Crippen LogP contribution in [0.25, 0.3) is 0 Å². The summed E-state index contributed by atoms with van der Waals surface area (Å²) in [5, 5.41) is 2.84. The Labute approximate surface area is 126 Å². The molecular formula is C15H19BN2O3. The monoisotopic (exact) mass is 286 g/mol. The van der Waals surface area contributed by atoms with Crippen LogP contribution in [0.3, 0.4) is 0 Å². The Balaban J connectivity index is 2.26. The summed E-state index contributed by atoms with van der Waals surface area (Å²) in [5.41, 5.74) is 2.23. The molecule has 1 N–H and O–H groups in total. The first-order valence-corrected chi connectivity index (χ1v) is 7.03. The molecule has 1 unspecified atom stereocenters. The third kappa shape index (κ3) is 3.57. The quantitative estimate of drug-likeness (QED) is 0.836. The summed E-state index contributed by atoms with van der Waals surface area (Å²) >= 11 is 0. The van der Waals surface area contributed by atoms with Gasteiger partial charge in [-0.05, 0) is 31.9 Å². The molecule has 110 valence electrons. The molecule has 1 aromatic rings. The van der Waals surface area contributed by atoms with E-state index in [9.17, 15) is 9.59 Å². The Kier molecular flexibility index (Phi) is 4.55. The second-order valence-corrected chi connectivity index (χ2v) is 5.43. The number of nitrogens with one attached hydrogen (secondary N) is 1. The predicted molar refractivity (Wildman–Crippen MR) is 82.0 cm³/mol. The Morgan fingerprint density at radius 2 is 2.14 bits per heavy atom. The minimum absolute atomic E-state index is 0.0239. The van der Waals surface area contributed by atoms with Crippen LogP contribution in [0.5, 0.6) is 0 Å². The number of hydrogen-bond donors (Lipinski definition) is 1. The van der Waals surface area contributed by atoms with Crippen molar-refractivity contribution in [2.45, 2.75) is 39.3 Å². The van der Waals surface area contributed by atoms with Gasteiger partial charge in [-0.1, -0.05) is 17.6 Å². The molecule has 0 saturated carbocycles. The molecule has 0 spiro atoms. The standard InChI is InChI=1S/C15H19BN2O3/c1-9(2)21-15(20)17-13-6-7-18(10(3)19)14-5-4-11(16)8-12(13)14/h4-5,8-9,13H,6-7H2,1-3H3,(H,17,20). The minimum atomic E-state index is -0.459. The van der Waals surface area contributed by atoms with Crippen molar-refractivity contribution in [2.24, 2.45) is 0 Å². The van der Waals surface area contributed by atoms with Gasteiger partial charge in [0.15, 0.2) is 0 Å². The van der Waals surface area contributed by atoms with Crippen molar-refractivity contribution >= 4 is 31.0 Å². The molecule has 1 atom stereocenters. The van der Waals surface area contributed by atoms with E-state index in [-0.39, 0.29) is 18.1 Å². The Morgan fingerprint density at radius 1 is 1.43 bits per heavy atom. The highest BCUT2D eigenvalue weighted by atomic mass is 16.6. The second-order valence-electron chi connectivity index (χ2n) is 5.43. The minimum Gasteiger partial charge on any atom is -0.447 e. The number of rotatable bonds is 2. The average molecular weight is 286 g/mol. The SMILES string of the molecule is [B]c1ccc2c(c1)C(NC(=O)OC(C)C)CCN2C(C)=O. The van der Waals surface area contributed by atoms with Gasteiger partial charge in [0, 0.05) is 19.2 Å². The van der Waals surface area contributed by atoms with E-state index in [0.29, 0.717) is 18.4 Å². The molecule has 6 heteroatoms. The number of fused-ring (bicyclic) bond motifs is 1. The highest BCUT2D eigenvalue weighted by Crippen LogP contribution is 2.33. The van der Waals surface area contributed by atoms with Crippen molar-refractivity contribution in [3.8, 4) is 0 Å². The van der Waals surface area contributed by atoms with Crippen molar-refractivity contribution in [1.82, 2.24) is 5.32 Å². The van der Waals surface area contributed by atoms with E-state index in [2.05, 4.69) is 5.32 Å². The summed E-state index contributed by atoms with van der Waals surface area (Å²) in [5.74, 6) is -0.0239. The lowest BCUT2D eigenvalue weighted by molar-refractivity contribution is -0.116. The zero-order chi connectivity index (χ0) is 15.6. The highest BCUT2D eigenvalue weighted by Gasteiger charge is 2.28. The molecule has 2 amide bonds. The van der Waals surface area contributed by atoms with Crippen LogP contribution in [0, 0.1) is 0 Å². The number of nitrogens with zero attached hydrogens (tertiary/aromatic N) is 1. The summed E-state index contributed by atoms with van der Waals surface area (Å²) in [6.07, 6.45) is -0.00858. The zero-order valence-corrected chi connectivity index (χ0v) is 12.6. The lowest BCUT2D eigenvalue weighted by Gasteiger charge is -2.34. The molecular weight excluding hydrogens is 267 g/mol. The fourth-order valence-electron chi connectivity index (χ4n) is 2.50. The number of carbonyl (C=O) groups excluding carboxylic acids is 2. The van der Waals surface area contributed by atoms with Gasteiger partial charge >= 0.3 is 6.09 Å². The normalized spacial score (nSPS) is 17.3. The van der Waals surface area contributed by atoms with E-state index in [0.717, 1.165) is 11.3 Å². The van der Waals surface area contributed by atoms with Gasteiger partial charge < -0.3 is 15.0 Å². The third-order valence-electron chi connectivity index (χ3n) is 3.37. The molecule has 1 heterocycles. The fourth-order valence-corrected chi connectivity index (χ4v) is 2.50. The fraction of sp³-hybridized carbons (Fsp3) is 0.467. The van der Waals surface area contributed by atoms with E-state index in [1.54, 1.807) is 30.9 Å². The summed E-state index contributed by atoms with van der Waals surface area (Å²) in [6, 6.07) is 5.16. The van der Waals surface area contributed by atoms with Crippen LogP contribution in [-0.2, 0) is 9.53 Å². The first kappa shape index (κ1) is 15.4. The van der Waals surface area contributed by atoms with Crippen molar-refractivity contribution in [3.05, 3.63) is 23.8 Å². The number of alkyl carbamates (subject to hydrolysis) is 1. The number of anilines is 1. The van der Waals surface area contributed by atoms with Gasteiger partial charge in [-0.15, -0.1) is 0 Å². The highest BCUT2D eigenvalue weighted by molar-refractivity contribution is 6.32. The van der Waals surface area contributed by atoms with Crippen molar-refractivity contribution in [3.63, 3.8) is 0 Å². The van der Waals surface area contributed by atoms with Gasteiger partial charge in [0.2, 0.25) is 5.91 Å². The van der Waals surface area contributed by atoms with Crippen LogP contribution in [0.1, 0.15) is 38.8 Å². The van der Waals surface area contributed by atoms with Gasteiger partial charge in [0.05, 0.1) is 12.1 Å². The number of hydrogen-bond acceptors (Lipinski definition) is 3. The molecule has 0 bridgehead atoms. The summed E-state index contributed by atoms with van der Waals surface area (Å²) in [7, 11) is 5.83. The Hall–Kier alpha value is -1.98. The van der Waals surface area contributed by atoms with Crippen molar-refractivity contribution in [2.75, 3.05) is 11.4 Å². The molecule has 2 rings (SSSR count). The molecule has 1 aromatic carbocycles. The van der Waals surface area contributed by atoms with Gasteiger partial charge in [-0.3, -0.25) is 4.79 Å². The van der Waals surface area contributed by atoms with Crippen LogP contribution < -0.4 is 15.7 Å². The average Bonchev–Trinajstić information content (AvgIpc) is 2.37. The van der Waals surface area contributed by atoms with Gasteiger partial charge in [-0.25, -0.2) is 4.79 Å². The first-order chi connectivity index (χ1) is 9.88. The second kappa shape index (κ2) is 6.20. The number of carbonyl (C=O) groups is 2. The van der Waals surface area contributed by atoms with Gasteiger partial charge in [0.1, 0.15) is 7.85 Å². The van der Waals surface area contributed by atoms with E-state index < -0.39 is 6.09 Å². The lowest BCUT2D eigenvalue weighted by Crippen LogP contribution is -2.41. The molecule has 0 aromatic heterocycles. The zero-order valence-electron chi connectivity index (χ0n) is 12.6. The Morgan fingerprint density at radius 3 is 2.76 bits per heavy atom. The van der Waals surface area contributed by atoms with Crippen LogP contribution >= 0.6 is 0 Å². The largest absolute Gasteiger partial charge is 0.447 e. The van der Waals surface area contributed by atoms with Crippen LogP contribution in [0.4, 0.5) is 10.5 Å². The number of benzene rings is 1. The van der Waals surface area contributed by atoms with Crippen molar-refractivity contribution in [1.29, 1.82) is 0 Å². The maximum absolute atomic E-state index is 11.8. The lowest BCUT2D eigenvalue weighted by atomic mass is 9.88. The molecule has 0 saturated heterocycles.